The van der Waals surface area contributed by atoms with Crippen molar-refractivity contribution in [3.63, 3.8) is 0 Å². The van der Waals surface area contributed by atoms with Crippen molar-refractivity contribution in [1.29, 1.82) is 0 Å². The summed E-state index contributed by atoms with van der Waals surface area (Å²) in [6, 6.07) is 19.2. The van der Waals surface area contributed by atoms with Crippen molar-refractivity contribution >= 4 is 28.7 Å². The highest BCUT2D eigenvalue weighted by Gasteiger charge is 2.25. The highest BCUT2D eigenvalue weighted by atomic mass is 16.6. The highest BCUT2D eigenvalue weighted by molar-refractivity contribution is 6.17. The van der Waals surface area contributed by atoms with Gasteiger partial charge in [-0.3, -0.25) is 0 Å². The minimum absolute atomic E-state index is 0.000709. The maximum Gasteiger partial charge on any atom is 0.363 e. The lowest BCUT2D eigenvalue weighted by molar-refractivity contribution is -0.129. The second-order valence-corrected chi connectivity index (χ2v) is 6.94. The third kappa shape index (κ3) is 3.85. The van der Waals surface area contributed by atoms with Crippen molar-refractivity contribution in [1.82, 2.24) is 0 Å². The Balaban J connectivity index is 1.71. The number of benzene rings is 3. The molecule has 5 nitrogen and oxygen atoms in total. The Bertz CT molecular complexity index is 1140. The number of carbonyl (C=O) groups is 1. The van der Waals surface area contributed by atoms with Crippen LogP contribution in [0.4, 0.5) is 0 Å². The third-order valence-electron chi connectivity index (χ3n) is 4.49. The Kier molecular flexibility index (Phi) is 5.04. The lowest BCUT2D eigenvalue weighted by Crippen LogP contribution is -2.07. The smallest absolute Gasteiger partial charge is 0.363 e. The standard InChI is InChI=1S/C24H21NO4/c1-15(2)28-22-14-16(11-12-21(22)27-3)13-20-24(26)29-23(25-20)19-10-6-8-17-7-4-5-9-18(17)19/h4-15H,1-3H3/b20-13+. The van der Waals surface area contributed by atoms with Crippen LogP contribution in [0.5, 0.6) is 11.5 Å². The Morgan fingerprint density at radius 2 is 1.79 bits per heavy atom. The monoisotopic (exact) mass is 387 g/mol. The summed E-state index contributed by atoms with van der Waals surface area (Å²) in [5.41, 5.74) is 1.81. The van der Waals surface area contributed by atoms with Gasteiger partial charge in [0, 0.05) is 5.56 Å². The van der Waals surface area contributed by atoms with Gasteiger partial charge < -0.3 is 14.2 Å². The lowest BCUT2D eigenvalue weighted by Gasteiger charge is -2.13. The van der Waals surface area contributed by atoms with E-state index < -0.39 is 5.97 Å². The summed E-state index contributed by atoms with van der Waals surface area (Å²) in [5, 5.41) is 2.05. The number of aliphatic imine (C=N–C) groups is 1. The molecule has 0 atom stereocenters. The number of rotatable bonds is 5. The molecule has 29 heavy (non-hydrogen) atoms. The first-order valence-electron chi connectivity index (χ1n) is 9.40. The topological polar surface area (TPSA) is 57.1 Å². The molecule has 3 aromatic carbocycles. The van der Waals surface area contributed by atoms with E-state index in [4.69, 9.17) is 14.2 Å². The van der Waals surface area contributed by atoms with Gasteiger partial charge in [0.25, 0.3) is 0 Å². The van der Waals surface area contributed by atoms with Gasteiger partial charge in [0.1, 0.15) is 0 Å². The van der Waals surface area contributed by atoms with E-state index in [1.165, 1.54) is 0 Å². The highest BCUT2D eigenvalue weighted by Crippen LogP contribution is 2.31. The van der Waals surface area contributed by atoms with Crippen LogP contribution in [0.2, 0.25) is 0 Å². The molecule has 146 valence electrons. The van der Waals surface area contributed by atoms with Crippen LogP contribution in [0.25, 0.3) is 16.8 Å². The zero-order chi connectivity index (χ0) is 20.4. The van der Waals surface area contributed by atoms with E-state index in [0.29, 0.717) is 17.4 Å². The number of carbonyl (C=O) groups excluding carboxylic acids is 1. The summed E-state index contributed by atoms with van der Waals surface area (Å²) < 4.78 is 16.6. The van der Waals surface area contributed by atoms with Crippen LogP contribution in [0, 0.1) is 0 Å². The van der Waals surface area contributed by atoms with Gasteiger partial charge in [-0.25, -0.2) is 9.79 Å². The van der Waals surface area contributed by atoms with Crippen LogP contribution >= 0.6 is 0 Å². The molecule has 5 heteroatoms. The Morgan fingerprint density at radius 3 is 2.59 bits per heavy atom. The van der Waals surface area contributed by atoms with Gasteiger partial charge in [-0.2, -0.15) is 0 Å². The fourth-order valence-electron chi connectivity index (χ4n) is 3.22. The van der Waals surface area contributed by atoms with Crippen LogP contribution in [0.1, 0.15) is 25.0 Å². The van der Waals surface area contributed by atoms with Gasteiger partial charge in [-0.15, -0.1) is 0 Å². The lowest BCUT2D eigenvalue weighted by atomic mass is 10.0. The molecular weight excluding hydrogens is 366 g/mol. The molecule has 0 spiro atoms. The van der Waals surface area contributed by atoms with Crippen molar-refractivity contribution in [2.24, 2.45) is 4.99 Å². The summed E-state index contributed by atoms with van der Waals surface area (Å²) >= 11 is 0. The number of hydrogen-bond donors (Lipinski definition) is 0. The maximum atomic E-state index is 12.4. The molecule has 1 aliphatic heterocycles. The van der Waals surface area contributed by atoms with Crippen LogP contribution in [0.3, 0.4) is 0 Å². The van der Waals surface area contributed by atoms with Crippen LogP contribution < -0.4 is 9.47 Å². The second-order valence-electron chi connectivity index (χ2n) is 6.94. The van der Waals surface area contributed by atoms with Crippen molar-refractivity contribution in [2.75, 3.05) is 7.11 Å². The summed E-state index contributed by atoms with van der Waals surface area (Å²) in [6.45, 7) is 3.89. The zero-order valence-corrected chi connectivity index (χ0v) is 16.5. The van der Waals surface area contributed by atoms with Crippen molar-refractivity contribution in [2.45, 2.75) is 20.0 Å². The fourth-order valence-corrected chi connectivity index (χ4v) is 3.22. The first kappa shape index (κ1) is 18.7. The number of hydrogen-bond acceptors (Lipinski definition) is 5. The minimum atomic E-state index is -0.477. The van der Waals surface area contributed by atoms with E-state index in [2.05, 4.69) is 4.99 Å². The molecule has 0 N–H and O–H groups in total. The number of methoxy groups -OCH3 is 1. The number of fused-ring (bicyclic) bond motifs is 1. The van der Waals surface area contributed by atoms with E-state index in [1.54, 1.807) is 19.3 Å². The minimum Gasteiger partial charge on any atom is -0.493 e. The molecule has 0 radical (unpaired) electrons. The van der Waals surface area contributed by atoms with Crippen molar-refractivity contribution < 1.29 is 19.0 Å². The van der Waals surface area contributed by atoms with E-state index in [-0.39, 0.29) is 11.8 Å². The molecule has 0 saturated carbocycles. The molecule has 3 aromatic rings. The van der Waals surface area contributed by atoms with Gasteiger partial charge in [0.2, 0.25) is 5.90 Å². The summed E-state index contributed by atoms with van der Waals surface area (Å²) in [4.78, 5) is 16.9. The summed E-state index contributed by atoms with van der Waals surface area (Å²) in [6.07, 6.45) is 1.69. The summed E-state index contributed by atoms with van der Waals surface area (Å²) in [5.74, 6) is 1.08. The van der Waals surface area contributed by atoms with Crippen LogP contribution in [0.15, 0.2) is 71.4 Å². The largest absolute Gasteiger partial charge is 0.493 e. The van der Waals surface area contributed by atoms with Crippen molar-refractivity contribution in [3.05, 3.63) is 77.5 Å². The number of cyclic esters (lactones) is 1. The molecule has 0 aliphatic carbocycles. The first-order chi connectivity index (χ1) is 14.0. The average molecular weight is 387 g/mol. The van der Waals surface area contributed by atoms with Crippen molar-refractivity contribution in [3.8, 4) is 11.5 Å². The Morgan fingerprint density at radius 1 is 1.00 bits per heavy atom. The predicted octanol–water partition coefficient (Wildman–Crippen LogP) is 4.98. The molecule has 1 heterocycles. The van der Waals surface area contributed by atoms with Crippen LogP contribution in [-0.4, -0.2) is 25.1 Å². The molecule has 0 amide bonds. The normalized spacial score (nSPS) is 15.0. The quantitative estimate of drug-likeness (QED) is 0.458. The van der Waals surface area contributed by atoms with Gasteiger partial charge in [0.05, 0.1) is 13.2 Å². The second kappa shape index (κ2) is 7.80. The number of ether oxygens (including phenoxy) is 3. The van der Waals surface area contributed by atoms with Gasteiger partial charge in [-0.1, -0.05) is 42.5 Å². The van der Waals surface area contributed by atoms with Crippen LogP contribution in [-0.2, 0) is 9.53 Å². The predicted molar refractivity (Wildman–Crippen MR) is 113 cm³/mol. The number of nitrogens with zero attached hydrogens (tertiary/aromatic N) is 1. The zero-order valence-electron chi connectivity index (χ0n) is 16.5. The number of esters is 1. The molecule has 4 rings (SSSR count). The first-order valence-corrected chi connectivity index (χ1v) is 9.40. The fraction of sp³-hybridized carbons (Fsp3) is 0.167. The van der Waals surface area contributed by atoms with Gasteiger partial charge >= 0.3 is 5.97 Å². The Hall–Kier alpha value is -3.60. The molecule has 1 aliphatic rings. The third-order valence-corrected chi connectivity index (χ3v) is 4.49. The summed E-state index contributed by atoms with van der Waals surface area (Å²) in [7, 11) is 1.59. The maximum absolute atomic E-state index is 12.4. The van der Waals surface area contributed by atoms with E-state index in [9.17, 15) is 4.79 Å². The Labute approximate surface area is 169 Å². The molecule has 0 unspecified atom stereocenters. The molecule has 0 aromatic heterocycles. The van der Waals surface area contributed by atoms with E-state index >= 15 is 0 Å². The van der Waals surface area contributed by atoms with E-state index in [1.807, 2.05) is 68.4 Å². The van der Waals surface area contributed by atoms with E-state index in [0.717, 1.165) is 21.9 Å². The average Bonchev–Trinajstić information content (AvgIpc) is 3.07. The molecular formula is C24H21NO4. The molecule has 0 bridgehead atoms. The molecule has 0 fully saturated rings. The van der Waals surface area contributed by atoms with Gasteiger partial charge in [-0.05, 0) is 54.5 Å². The van der Waals surface area contributed by atoms with Gasteiger partial charge in [0.15, 0.2) is 17.2 Å². The SMILES string of the molecule is COc1ccc(/C=C2/N=C(c3cccc4ccccc34)OC2=O)cc1OC(C)C. The molecule has 0 saturated heterocycles.